The first kappa shape index (κ1) is 13.3. The molecule has 100 valence electrons. The summed E-state index contributed by atoms with van der Waals surface area (Å²) >= 11 is 0. The first-order valence-electron chi connectivity index (χ1n) is 5.94. The van der Waals surface area contributed by atoms with Gasteiger partial charge in [0, 0.05) is 11.7 Å². The molecule has 0 aliphatic carbocycles. The summed E-state index contributed by atoms with van der Waals surface area (Å²) in [6.07, 6.45) is 0. The summed E-state index contributed by atoms with van der Waals surface area (Å²) in [5.74, 6) is 0.130. The van der Waals surface area contributed by atoms with Gasteiger partial charge in [-0.25, -0.2) is 0 Å². The molecule has 1 aromatic rings. The van der Waals surface area contributed by atoms with Crippen molar-refractivity contribution in [3.63, 3.8) is 0 Å². The molecule has 0 spiro atoms. The Morgan fingerprint density at radius 1 is 1.47 bits per heavy atom. The van der Waals surface area contributed by atoms with E-state index in [1.165, 1.54) is 0 Å². The van der Waals surface area contributed by atoms with Crippen molar-refractivity contribution in [3.8, 4) is 11.8 Å². The zero-order valence-electron chi connectivity index (χ0n) is 10.3. The smallest absolute Gasteiger partial charge is 0.231 e. The van der Waals surface area contributed by atoms with Crippen LogP contribution in [0.5, 0.6) is 5.75 Å². The molecule has 1 fully saturated rings. The van der Waals surface area contributed by atoms with Gasteiger partial charge in [-0.2, -0.15) is 5.26 Å². The number of anilines is 1. The minimum Gasteiger partial charge on any atom is -0.479 e. The molecule has 1 heterocycles. The maximum Gasteiger partial charge on any atom is 0.231 e. The third-order valence-electron chi connectivity index (χ3n) is 2.89. The predicted octanol–water partition coefficient (Wildman–Crippen LogP) is 0.501. The normalized spacial score (nSPS) is 21.7. The quantitative estimate of drug-likeness (QED) is 0.822. The molecule has 6 nitrogen and oxygen atoms in total. The Hall–Kier alpha value is -2.10. The molecule has 1 aromatic carbocycles. The average Bonchev–Trinajstić information content (AvgIpc) is 2.84. The van der Waals surface area contributed by atoms with Crippen molar-refractivity contribution in [1.82, 2.24) is 0 Å². The largest absolute Gasteiger partial charge is 0.479 e. The van der Waals surface area contributed by atoms with Gasteiger partial charge in [-0.3, -0.25) is 4.79 Å². The third-order valence-corrected chi connectivity index (χ3v) is 2.89. The lowest BCUT2D eigenvalue weighted by Crippen LogP contribution is -2.37. The summed E-state index contributed by atoms with van der Waals surface area (Å²) in [7, 11) is 0. The first-order valence-corrected chi connectivity index (χ1v) is 5.94. The number of ether oxygens (including phenoxy) is 2. The van der Waals surface area contributed by atoms with Crippen molar-refractivity contribution in [1.29, 1.82) is 5.26 Å². The van der Waals surface area contributed by atoms with Gasteiger partial charge in [0.05, 0.1) is 19.1 Å². The molecule has 2 rings (SSSR count). The van der Waals surface area contributed by atoms with E-state index in [0.717, 1.165) is 0 Å². The number of rotatable bonds is 4. The Labute approximate surface area is 111 Å². The van der Waals surface area contributed by atoms with Gasteiger partial charge >= 0.3 is 0 Å². The SMILES string of the molecule is N#CCOc1ccc(NC(=O)C2COCC2N)cc1. The van der Waals surface area contributed by atoms with E-state index < -0.39 is 0 Å². The summed E-state index contributed by atoms with van der Waals surface area (Å²) < 4.78 is 10.3. The Kier molecular flexibility index (Phi) is 4.34. The molecule has 3 N–H and O–H groups in total. The van der Waals surface area contributed by atoms with Gasteiger partial charge in [0.2, 0.25) is 5.91 Å². The number of nitrogens with two attached hydrogens (primary N) is 1. The summed E-state index contributed by atoms with van der Waals surface area (Å²) in [5.41, 5.74) is 6.44. The Morgan fingerprint density at radius 3 is 2.79 bits per heavy atom. The van der Waals surface area contributed by atoms with Crippen molar-refractivity contribution in [2.24, 2.45) is 11.7 Å². The molecule has 1 aliphatic rings. The fourth-order valence-corrected chi connectivity index (χ4v) is 1.83. The van der Waals surface area contributed by atoms with E-state index in [1.54, 1.807) is 24.3 Å². The van der Waals surface area contributed by atoms with E-state index in [2.05, 4.69) is 5.32 Å². The summed E-state index contributed by atoms with van der Waals surface area (Å²) in [6.45, 7) is 0.773. The molecule has 0 radical (unpaired) electrons. The minimum absolute atomic E-state index is 0.0000275. The molecule has 0 bridgehead atoms. The highest BCUT2D eigenvalue weighted by atomic mass is 16.5. The molecular weight excluding hydrogens is 246 g/mol. The van der Waals surface area contributed by atoms with Gasteiger partial charge in [0.25, 0.3) is 0 Å². The van der Waals surface area contributed by atoms with Gasteiger partial charge in [-0.15, -0.1) is 0 Å². The highest BCUT2D eigenvalue weighted by molar-refractivity contribution is 5.93. The van der Waals surface area contributed by atoms with Crippen molar-refractivity contribution in [3.05, 3.63) is 24.3 Å². The molecular formula is C13H15N3O3. The van der Waals surface area contributed by atoms with E-state index in [9.17, 15) is 4.79 Å². The summed E-state index contributed by atoms with van der Waals surface area (Å²) in [4.78, 5) is 11.9. The fraction of sp³-hybridized carbons (Fsp3) is 0.385. The third kappa shape index (κ3) is 3.44. The lowest BCUT2D eigenvalue weighted by molar-refractivity contribution is -0.120. The van der Waals surface area contributed by atoms with E-state index >= 15 is 0 Å². The fourth-order valence-electron chi connectivity index (χ4n) is 1.83. The van der Waals surface area contributed by atoms with Gasteiger partial charge in [-0.05, 0) is 24.3 Å². The molecule has 19 heavy (non-hydrogen) atoms. The number of nitriles is 1. The van der Waals surface area contributed by atoms with Crippen LogP contribution in [-0.4, -0.2) is 31.8 Å². The van der Waals surface area contributed by atoms with Crippen LogP contribution in [0.3, 0.4) is 0 Å². The van der Waals surface area contributed by atoms with Crippen LogP contribution < -0.4 is 15.8 Å². The number of hydrogen-bond acceptors (Lipinski definition) is 5. The number of carbonyl (C=O) groups is 1. The Bertz CT molecular complexity index is 481. The van der Waals surface area contributed by atoms with Crippen LogP contribution in [0.2, 0.25) is 0 Å². The van der Waals surface area contributed by atoms with E-state index in [0.29, 0.717) is 24.7 Å². The zero-order chi connectivity index (χ0) is 13.7. The van der Waals surface area contributed by atoms with Crippen LogP contribution in [0.4, 0.5) is 5.69 Å². The standard InChI is InChI=1S/C13H15N3O3/c14-5-6-19-10-3-1-9(2-4-10)16-13(17)11-7-18-8-12(11)15/h1-4,11-12H,6-8,15H2,(H,16,17). The summed E-state index contributed by atoms with van der Waals surface area (Å²) in [6, 6.07) is 8.45. The molecule has 2 atom stereocenters. The Morgan fingerprint density at radius 2 is 2.21 bits per heavy atom. The number of carbonyl (C=O) groups excluding carboxylic acids is 1. The Balaban J connectivity index is 1.92. The monoisotopic (exact) mass is 261 g/mol. The second-order valence-electron chi connectivity index (χ2n) is 4.27. The average molecular weight is 261 g/mol. The maximum atomic E-state index is 11.9. The second kappa shape index (κ2) is 6.18. The topological polar surface area (TPSA) is 97.4 Å². The van der Waals surface area contributed by atoms with Crippen LogP contribution in [0.15, 0.2) is 24.3 Å². The van der Waals surface area contributed by atoms with Crippen molar-refractivity contribution >= 4 is 11.6 Å². The van der Waals surface area contributed by atoms with Gasteiger partial charge in [-0.1, -0.05) is 0 Å². The number of amides is 1. The lowest BCUT2D eigenvalue weighted by Gasteiger charge is -2.13. The first-order chi connectivity index (χ1) is 9.20. The minimum atomic E-state index is -0.311. The van der Waals surface area contributed by atoms with E-state index in [1.807, 2.05) is 6.07 Å². The molecule has 0 saturated carbocycles. The zero-order valence-corrected chi connectivity index (χ0v) is 10.3. The van der Waals surface area contributed by atoms with Crippen molar-refractivity contribution < 1.29 is 14.3 Å². The van der Waals surface area contributed by atoms with Crippen molar-refractivity contribution in [2.75, 3.05) is 25.1 Å². The number of hydrogen-bond donors (Lipinski definition) is 2. The van der Waals surface area contributed by atoms with Gasteiger partial charge < -0.3 is 20.5 Å². The molecule has 1 saturated heterocycles. The number of nitrogens with one attached hydrogen (secondary N) is 1. The summed E-state index contributed by atoms with van der Waals surface area (Å²) in [5, 5.41) is 11.2. The maximum absolute atomic E-state index is 11.9. The van der Waals surface area contributed by atoms with Gasteiger partial charge in [0.1, 0.15) is 11.8 Å². The molecule has 1 aliphatic heterocycles. The predicted molar refractivity (Wildman–Crippen MR) is 68.5 cm³/mol. The number of nitrogens with zero attached hydrogens (tertiary/aromatic N) is 1. The van der Waals surface area contributed by atoms with Crippen LogP contribution in [0, 0.1) is 17.2 Å². The van der Waals surface area contributed by atoms with Crippen LogP contribution in [0.1, 0.15) is 0 Å². The van der Waals surface area contributed by atoms with Crippen LogP contribution in [-0.2, 0) is 9.53 Å². The van der Waals surface area contributed by atoms with Crippen LogP contribution in [0.25, 0.3) is 0 Å². The second-order valence-corrected chi connectivity index (χ2v) is 4.27. The molecule has 6 heteroatoms. The van der Waals surface area contributed by atoms with Gasteiger partial charge in [0.15, 0.2) is 6.61 Å². The van der Waals surface area contributed by atoms with E-state index in [4.69, 9.17) is 20.5 Å². The van der Waals surface area contributed by atoms with E-state index in [-0.39, 0.29) is 24.5 Å². The number of benzene rings is 1. The lowest BCUT2D eigenvalue weighted by atomic mass is 10.0. The molecule has 2 unspecified atom stereocenters. The highest BCUT2D eigenvalue weighted by Crippen LogP contribution is 2.18. The van der Waals surface area contributed by atoms with Crippen LogP contribution >= 0.6 is 0 Å². The van der Waals surface area contributed by atoms with Crippen molar-refractivity contribution in [2.45, 2.75) is 6.04 Å². The molecule has 0 aromatic heterocycles. The molecule has 1 amide bonds. The highest BCUT2D eigenvalue weighted by Gasteiger charge is 2.31.